The van der Waals surface area contributed by atoms with Gasteiger partial charge in [-0.3, -0.25) is 9.13 Å². The Morgan fingerprint density at radius 1 is 0.319 bits per heavy atom. The van der Waals surface area contributed by atoms with Gasteiger partial charge in [-0.15, -0.1) is 0 Å². The molecule has 69 heavy (non-hydrogen) atoms. The first-order valence-corrected chi connectivity index (χ1v) is 23.1. The van der Waals surface area contributed by atoms with Crippen LogP contribution >= 0.6 is 0 Å². The lowest BCUT2D eigenvalue weighted by Gasteiger charge is -2.14. The number of fused-ring (bicyclic) bond motifs is 10. The summed E-state index contributed by atoms with van der Waals surface area (Å²) in [5.74, 6) is 2.44. The molecule has 5 aromatic heterocycles. The van der Waals surface area contributed by atoms with E-state index in [9.17, 15) is 0 Å². The van der Waals surface area contributed by atoms with E-state index in [0.29, 0.717) is 17.6 Å². The number of pyridine rings is 1. The van der Waals surface area contributed by atoms with Crippen LogP contribution in [0.5, 0.6) is 0 Å². The molecular weight excluding hydrogens is 845 g/mol. The molecule has 0 saturated carbocycles. The highest BCUT2D eigenvalue weighted by Gasteiger charge is 2.25. The molecule has 0 atom stereocenters. The van der Waals surface area contributed by atoms with E-state index < -0.39 is 0 Å². The van der Waals surface area contributed by atoms with E-state index in [4.69, 9.17) is 24.4 Å². The molecule has 7 heteroatoms. The minimum atomic E-state index is 0.513. The van der Waals surface area contributed by atoms with E-state index in [1.54, 1.807) is 0 Å². The molecule has 0 aliphatic carbocycles. The molecule has 0 aliphatic heterocycles. The normalized spacial score (nSPS) is 11.8. The van der Waals surface area contributed by atoms with E-state index >= 15 is 0 Å². The molecular formula is C62H38N6O. The summed E-state index contributed by atoms with van der Waals surface area (Å²) in [6.07, 6.45) is 0. The summed E-state index contributed by atoms with van der Waals surface area (Å²) < 4.78 is 11.1. The Balaban J connectivity index is 1.05. The second kappa shape index (κ2) is 15.6. The van der Waals surface area contributed by atoms with E-state index in [1.165, 1.54) is 0 Å². The molecule has 0 saturated heterocycles. The third kappa shape index (κ3) is 6.29. The summed E-state index contributed by atoms with van der Waals surface area (Å²) in [7, 11) is 0. The summed E-state index contributed by atoms with van der Waals surface area (Å²) in [6.45, 7) is 0. The zero-order valence-corrected chi connectivity index (χ0v) is 37.0. The number of furan rings is 1. The molecule has 0 amide bonds. The summed E-state index contributed by atoms with van der Waals surface area (Å²) in [6, 6.07) is 80.2. The van der Waals surface area contributed by atoms with Gasteiger partial charge < -0.3 is 4.42 Å². The lowest BCUT2D eigenvalue weighted by Crippen LogP contribution is -2.07. The number of nitrogens with zero attached hydrogens (tertiary/aromatic N) is 6. The second-order valence-electron chi connectivity index (χ2n) is 17.4. The maximum absolute atomic E-state index is 6.54. The number of hydrogen-bond donors (Lipinski definition) is 0. The van der Waals surface area contributed by atoms with E-state index in [-0.39, 0.29) is 0 Å². The first-order chi connectivity index (χ1) is 34.2. The molecule has 14 aromatic rings. The molecule has 0 radical (unpaired) electrons. The van der Waals surface area contributed by atoms with Crippen LogP contribution in [0, 0.1) is 0 Å². The van der Waals surface area contributed by atoms with Gasteiger partial charge in [-0.25, -0.2) is 9.97 Å². The van der Waals surface area contributed by atoms with Crippen LogP contribution in [0.4, 0.5) is 0 Å². The van der Waals surface area contributed by atoms with E-state index in [0.717, 1.165) is 116 Å². The molecule has 0 aliphatic rings. The van der Waals surface area contributed by atoms with Crippen LogP contribution in [0.2, 0.25) is 0 Å². The van der Waals surface area contributed by atoms with Gasteiger partial charge in [-0.05, 0) is 70.8 Å². The SMILES string of the molecule is c1ccc(-c2cccc(-c3nc(-c4cccc(-c5ccccc5)c4)nc(-n4c5ccccc5c5ccc6c7ccccc7n(-c7cccc(-c8cccc9c8oc8ccccc89)n7)c6c54)n3)c2)cc1. The molecule has 0 unspecified atom stereocenters. The van der Waals surface area contributed by atoms with Gasteiger partial charge in [-0.1, -0.05) is 182 Å². The number of aromatic nitrogens is 6. The molecule has 9 aromatic carbocycles. The first-order valence-electron chi connectivity index (χ1n) is 23.1. The molecule has 322 valence electrons. The zero-order valence-electron chi connectivity index (χ0n) is 37.0. The summed E-state index contributed by atoms with van der Waals surface area (Å²) in [5, 5.41) is 6.52. The number of rotatable bonds is 7. The third-order valence-electron chi connectivity index (χ3n) is 13.4. The minimum Gasteiger partial charge on any atom is -0.455 e. The molecule has 0 N–H and O–H groups in total. The van der Waals surface area contributed by atoms with Crippen LogP contribution in [0.15, 0.2) is 235 Å². The van der Waals surface area contributed by atoms with Gasteiger partial charge in [0, 0.05) is 49.0 Å². The Morgan fingerprint density at radius 3 is 1.46 bits per heavy atom. The van der Waals surface area contributed by atoms with Gasteiger partial charge in [0.25, 0.3) is 0 Å². The number of para-hydroxylation sites is 4. The highest BCUT2D eigenvalue weighted by atomic mass is 16.3. The predicted octanol–water partition coefficient (Wildman–Crippen LogP) is 15.7. The molecule has 5 heterocycles. The Kier molecular flexibility index (Phi) is 8.75. The van der Waals surface area contributed by atoms with Crippen LogP contribution in [0.25, 0.3) is 134 Å². The Morgan fingerprint density at radius 2 is 0.812 bits per heavy atom. The van der Waals surface area contributed by atoms with Crippen LogP contribution in [0.3, 0.4) is 0 Å². The standard InChI is InChI=1S/C62H38N6O/c1-3-17-39(18-4-1)41-21-13-23-43(37-41)60-64-61(44-24-14-22-42(38-44)40-19-5-2-6-20-40)66-62(65-60)68-54-32-11-8-26-46(54)49-36-35-48-45-25-7-10-31-53(45)67(57(48)58(49)68)56-34-16-30-52(63-56)51-29-15-28-50-47-27-9-12-33-55(47)69-59(50)51/h1-38H. The van der Waals surface area contributed by atoms with Gasteiger partial charge in [0.15, 0.2) is 11.6 Å². The highest BCUT2D eigenvalue weighted by molar-refractivity contribution is 6.23. The van der Waals surface area contributed by atoms with Gasteiger partial charge >= 0.3 is 0 Å². The maximum Gasteiger partial charge on any atom is 0.238 e. The Labute approximate surface area is 395 Å². The average molecular weight is 883 g/mol. The molecule has 0 bridgehead atoms. The fraction of sp³-hybridized carbons (Fsp3) is 0. The van der Waals surface area contributed by atoms with Crippen molar-refractivity contribution >= 4 is 65.6 Å². The summed E-state index contributed by atoms with van der Waals surface area (Å²) >= 11 is 0. The second-order valence-corrected chi connectivity index (χ2v) is 17.4. The van der Waals surface area contributed by atoms with E-state index in [2.05, 4.69) is 215 Å². The van der Waals surface area contributed by atoms with Crippen molar-refractivity contribution in [3.63, 3.8) is 0 Å². The fourth-order valence-corrected chi connectivity index (χ4v) is 10.3. The van der Waals surface area contributed by atoms with Gasteiger partial charge in [0.1, 0.15) is 17.0 Å². The number of benzene rings is 9. The minimum absolute atomic E-state index is 0.513. The van der Waals surface area contributed by atoms with Crippen LogP contribution in [-0.2, 0) is 0 Å². The largest absolute Gasteiger partial charge is 0.455 e. The molecule has 0 fully saturated rings. The van der Waals surface area contributed by atoms with Crippen molar-refractivity contribution in [1.82, 2.24) is 29.1 Å². The van der Waals surface area contributed by atoms with Crippen molar-refractivity contribution in [2.45, 2.75) is 0 Å². The van der Waals surface area contributed by atoms with Crippen molar-refractivity contribution in [2.75, 3.05) is 0 Å². The predicted molar refractivity (Wildman–Crippen MR) is 281 cm³/mol. The first kappa shape index (κ1) is 38.8. The smallest absolute Gasteiger partial charge is 0.238 e. The Bertz CT molecular complexity index is 4220. The maximum atomic E-state index is 6.54. The lowest BCUT2D eigenvalue weighted by atomic mass is 10.0. The summed E-state index contributed by atoms with van der Waals surface area (Å²) in [5.41, 5.74) is 13.6. The van der Waals surface area contributed by atoms with Crippen molar-refractivity contribution < 1.29 is 4.42 Å². The van der Waals surface area contributed by atoms with Crippen molar-refractivity contribution in [2.24, 2.45) is 0 Å². The van der Waals surface area contributed by atoms with E-state index in [1.807, 2.05) is 24.3 Å². The number of hydrogen-bond acceptors (Lipinski definition) is 5. The van der Waals surface area contributed by atoms with Crippen LogP contribution < -0.4 is 0 Å². The molecule has 0 spiro atoms. The molecule has 14 rings (SSSR count). The van der Waals surface area contributed by atoms with Crippen molar-refractivity contribution in [3.8, 4) is 68.1 Å². The lowest BCUT2D eigenvalue weighted by molar-refractivity contribution is 0.670. The summed E-state index contributed by atoms with van der Waals surface area (Å²) in [4.78, 5) is 21.7. The third-order valence-corrected chi connectivity index (χ3v) is 13.4. The Hall–Kier alpha value is -9.46. The zero-order chi connectivity index (χ0) is 45.4. The van der Waals surface area contributed by atoms with Gasteiger partial charge in [-0.2, -0.15) is 9.97 Å². The van der Waals surface area contributed by atoms with Gasteiger partial charge in [0.2, 0.25) is 5.95 Å². The topological polar surface area (TPSA) is 74.6 Å². The highest BCUT2D eigenvalue weighted by Crippen LogP contribution is 2.42. The van der Waals surface area contributed by atoms with Crippen LogP contribution in [-0.4, -0.2) is 29.1 Å². The van der Waals surface area contributed by atoms with Crippen molar-refractivity contribution in [3.05, 3.63) is 231 Å². The van der Waals surface area contributed by atoms with Gasteiger partial charge in [0.05, 0.1) is 27.8 Å². The van der Waals surface area contributed by atoms with Crippen molar-refractivity contribution in [1.29, 1.82) is 0 Å². The monoisotopic (exact) mass is 882 g/mol. The molecule has 7 nitrogen and oxygen atoms in total. The fourth-order valence-electron chi connectivity index (χ4n) is 10.3. The quantitative estimate of drug-likeness (QED) is 0.159. The van der Waals surface area contributed by atoms with Crippen LogP contribution in [0.1, 0.15) is 0 Å². The average Bonchev–Trinajstić information content (AvgIpc) is 4.09.